The van der Waals surface area contributed by atoms with E-state index in [0.717, 1.165) is 25.2 Å². The summed E-state index contributed by atoms with van der Waals surface area (Å²) in [5.74, 6) is 2.68. The van der Waals surface area contributed by atoms with Crippen LogP contribution in [0, 0.1) is 50.7 Å². The summed E-state index contributed by atoms with van der Waals surface area (Å²) in [5, 5.41) is 21.7. The van der Waals surface area contributed by atoms with Gasteiger partial charge in [-0.25, -0.2) is 0 Å². The Morgan fingerprint density at radius 1 is 0.656 bits per heavy atom. The number of fused-ring (bicyclic) bond motifs is 6. The van der Waals surface area contributed by atoms with E-state index in [4.69, 9.17) is 0 Å². The van der Waals surface area contributed by atoms with Gasteiger partial charge in [-0.15, -0.1) is 0 Å². The van der Waals surface area contributed by atoms with Gasteiger partial charge in [-0.3, -0.25) is 0 Å². The SMILES string of the molecule is CC1(C)[C@@H](O)CC[C@@]2(C)[C@H]1CC[C@@]1(C)CC3=CC[C@H]4C(C)(C)[C@H](O)CC[C@]4(C)[C@@H]3CC[C@@H]12. The van der Waals surface area contributed by atoms with Crippen LogP contribution in [0.5, 0.6) is 0 Å². The van der Waals surface area contributed by atoms with Gasteiger partial charge in [-0.05, 0) is 115 Å². The molecule has 2 heteroatoms. The number of aliphatic hydroxyl groups excluding tert-OH is 2. The molecule has 9 atom stereocenters. The van der Waals surface area contributed by atoms with Gasteiger partial charge in [0.2, 0.25) is 0 Å². The molecule has 0 unspecified atom stereocenters. The number of rotatable bonds is 0. The maximum absolute atomic E-state index is 10.9. The molecule has 0 saturated heterocycles. The van der Waals surface area contributed by atoms with Crippen molar-refractivity contribution < 1.29 is 10.2 Å². The zero-order valence-electron chi connectivity index (χ0n) is 22.0. The fourth-order valence-electron chi connectivity index (χ4n) is 10.9. The fourth-order valence-corrected chi connectivity index (χ4v) is 10.9. The first-order valence-electron chi connectivity index (χ1n) is 13.8. The Morgan fingerprint density at radius 3 is 1.91 bits per heavy atom. The van der Waals surface area contributed by atoms with Crippen molar-refractivity contribution in [2.45, 2.75) is 125 Å². The quantitative estimate of drug-likeness (QED) is 0.391. The van der Waals surface area contributed by atoms with Crippen LogP contribution < -0.4 is 0 Å². The molecule has 4 saturated carbocycles. The van der Waals surface area contributed by atoms with Crippen LogP contribution in [0.1, 0.15) is 113 Å². The molecule has 0 heterocycles. The smallest absolute Gasteiger partial charge is 0.0594 e. The third kappa shape index (κ3) is 2.96. The second-order valence-electron chi connectivity index (χ2n) is 14.9. The van der Waals surface area contributed by atoms with Crippen molar-refractivity contribution in [1.82, 2.24) is 0 Å². The van der Waals surface area contributed by atoms with Crippen molar-refractivity contribution in [2.24, 2.45) is 50.7 Å². The predicted octanol–water partition coefficient (Wildman–Crippen LogP) is 7.14. The van der Waals surface area contributed by atoms with Crippen molar-refractivity contribution in [3.05, 3.63) is 11.6 Å². The molecule has 32 heavy (non-hydrogen) atoms. The summed E-state index contributed by atoms with van der Waals surface area (Å²) in [6.45, 7) is 17.2. The lowest BCUT2D eigenvalue weighted by atomic mass is 9.42. The minimum absolute atomic E-state index is 0.0125. The lowest BCUT2D eigenvalue weighted by molar-refractivity contribution is -0.170. The van der Waals surface area contributed by atoms with Crippen LogP contribution in [0.4, 0.5) is 0 Å². The lowest BCUT2D eigenvalue weighted by Crippen LogP contribution is -2.58. The van der Waals surface area contributed by atoms with Crippen LogP contribution in [-0.2, 0) is 0 Å². The molecule has 2 N–H and O–H groups in total. The first-order valence-corrected chi connectivity index (χ1v) is 13.8. The number of allylic oxidation sites excluding steroid dienone is 2. The molecular weight excluding hydrogens is 392 g/mol. The molecular formula is C30H50O2. The predicted molar refractivity (Wildman–Crippen MR) is 132 cm³/mol. The van der Waals surface area contributed by atoms with Crippen molar-refractivity contribution in [3.8, 4) is 0 Å². The standard InChI is InChI=1S/C30H50O2/c1-26(2)21-10-8-19-18-28(5)15-12-22-27(3,4)25(32)14-17-30(22,7)23(28)11-9-20(19)29(21,6)16-13-24(26)31/h8,20-25,31-32H,9-18H2,1-7H3/t20-,21+,22+,23+,24-,25+,28+,29-,30+/m1/s1. The fraction of sp³-hybridized carbons (Fsp3) is 0.933. The molecule has 0 amide bonds. The maximum atomic E-state index is 10.9. The van der Waals surface area contributed by atoms with E-state index < -0.39 is 0 Å². The monoisotopic (exact) mass is 442 g/mol. The highest BCUT2D eigenvalue weighted by molar-refractivity contribution is 5.25. The summed E-state index contributed by atoms with van der Waals surface area (Å²) in [6.07, 6.45) is 14.4. The van der Waals surface area contributed by atoms with Crippen LogP contribution in [-0.4, -0.2) is 22.4 Å². The second-order valence-corrected chi connectivity index (χ2v) is 14.9. The van der Waals surface area contributed by atoms with Crippen LogP contribution in [0.15, 0.2) is 11.6 Å². The Bertz CT molecular complexity index is 795. The van der Waals surface area contributed by atoms with Crippen LogP contribution in [0.25, 0.3) is 0 Å². The molecule has 4 fully saturated rings. The van der Waals surface area contributed by atoms with Gasteiger partial charge in [0, 0.05) is 0 Å². The van der Waals surface area contributed by atoms with Crippen LogP contribution in [0.2, 0.25) is 0 Å². The van der Waals surface area contributed by atoms with E-state index in [2.05, 4.69) is 54.5 Å². The zero-order valence-corrected chi connectivity index (χ0v) is 22.0. The topological polar surface area (TPSA) is 40.5 Å². The van der Waals surface area contributed by atoms with Crippen molar-refractivity contribution in [3.63, 3.8) is 0 Å². The third-order valence-electron chi connectivity index (χ3n) is 12.9. The lowest BCUT2D eigenvalue weighted by Gasteiger charge is -2.63. The third-order valence-corrected chi connectivity index (χ3v) is 12.9. The normalized spacial score (nSPS) is 54.2. The average Bonchev–Trinajstić information content (AvgIpc) is 2.86. The van der Waals surface area contributed by atoms with Crippen molar-refractivity contribution >= 4 is 0 Å². The van der Waals surface area contributed by atoms with E-state index in [1.807, 2.05) is 0 Å². The summed E-state index contributed by atoms with van der Waals surface area (Å²) in [7, 11) is 0. The van der Waals surface area contributed by atoms with Gasteiger partial charge in [-0.1, -0.05) is 60.1 Å². The number of hydrogen-bond donors (Lipinski definition) is 2. The molecule has 0 aromatic heterocycles. The zero-order chi connectivity index (χ0) is 23.3. The molecule has 0 aliphatic heterocycles. The second kappa shape index (κ2) is 7.09. The molecule has 182 valence electrons. The minimum Gasteiger partial charge on any atom is -0.393 e. The molecule has 5 rings (SSSR count). The van der Waals surface area contributed by atoms with Gasteiger partial charge in [0.25, 0.3) is 0 Å². The average molecular weight is 443 g/mol. The Hall–Kier alpha value is -0.340. The van der Waals surface area contributed by atoms with Gasteiger partial charge >= 0.3 is 0 Å². The Kier molecular flexibility index (Phi) is 5.19. The summed E-state index contributed by atoms with van der Waals surface area (Å²) in [5.41, 5.74) is 2.91. The van der Waals surface area contributed by atoms with Crippen LogP contribution >= 0.6 is 0 Å². The summed E-state index contributed by atoms with van der Waals surface area (Å²) in [4.78, 5) is 0. The molecule has 0 bridgehead atoms. The van der Waals surface area contributed by atoms with Crippen molar-refractivity contribution in [2.75, 3.05) is 0 Å². The molecule has 0 aromatic carbocycles. The molecule has 0 spiro atoms. The van der Waals surface area contributed by atoms with Gasteiger partial charge in [0.15, 0.2) is 0 Å². The van der Waals surface area contributed by atoms with Gasteiger partial charge in [-0.2, -0.15) is 0 Å². The van der Waals surface area contributed by atoms with Crippen molar-refractivity contribution in [1.29, 1.82) is 0 Å². The van der Waals surface area contributed by atoms with E-state index in [0.29, 0.717) is 34.0 Å². The molecule has 2 nitrogen and oxygen atoms in total. The largest absolute Gasteiger partial charge is 0.393 e. The Morgan fingerprint density at radius 2 is 1.25 bits per heavy atom. The van der Waals surface area contributed by atoms with E-state index in [9.17, 15) is 10.2 Å². The highest BCUT2D eigenvalue weighted by atomic mass is 16.3. The first kappa shape index (κ1) is 23.4. The number of hydrogen-bond acceptors (Lipinski definition) is 2. The van der Waals surface area contributed by atoms with E-state index in [-0.39, 0.29) is 23.0 Å². The summed E-state index contributed by atoms with van der Waals surface area (Å²) in [6, 6.07) is 0. The van der Waals surface area contributed by atoms with E-state index in [1.54, 1.807) is 5.57 Å². The maximum Gasteiger partial charge on any atom is 0.0594 e. The van der Waals surface area contributed by atoms with E-state index >= 15 is 0 Å². The highest BCUT2D eigenvalue weighted by Crippen LogP contribution is 2.70. The molecule has 0 aromatic rings. The molecule has 0 radical (unpaired) electrons. The van der Waals surface area contributed by atoms with Crippen LogP contribution in [0.3, 0.4) is 0 Å². The Balaban J connectivity index is 1.50. The van der Waals surface area contributed by atoms with Gasteiger partial charge in [0.05, 0.1) is 12.2 Å². The van der Waals surface area contributed by atoms with Gasteiger partial charge < -0.3 is 10.2 Å². The summed E-state index contributed by atoms with van der Waals surface area (Å²) >= 11 is 0. The summed E-state index contributed by atoms with van der Waals surface area (Å²) < 4.78 is 0. The minimum atomic E-state index is -0.156. The van der Waals surface area contributed by atoms with E-state index in [1.165, 1.54) is 44.9 Å². The Labute approximate surface area is 197 Å². The first-order chi connectivity index (χ1) is 14.8. The molecule has 5 aliphatic rings. The highest BCUT2D eigenvalue weighted by Gasteiger charge is 2.63. The molecule has 5 aliphatic carbocycles. The number of aliphatic hydroxyl groups is 2. The van der Waals surface area contributed by atoms with Gasteiger partial charge in [0.1, 0.15) is 0 Å².